The van der Waals surface area contributed by atoms with Gasteiger partial charge in [-0.05, 0) is 24.5 Å². The summed E-state index contributed by atoms with van der Waals surface area (Å²) in [6.45, 7) is 7.85. The summed E-state index contributed by atoms with van der Waals surface area (Å²) in [4.78, 5) is 11.4. The maximum absolute atomic E-state index is 5.65. The molecule has 0 aliphatic carbocycles. The van der Waals surface area contributed by atoms with E-state index in [9.17, 15) is 0 Å². The van der Waals surface area contributed by atoms with Gasteiger partial charge in [0.2, 0.25) is 0 Å². The zero-order valence-corrected chi connectivity index (χ0v) is 19.4. The number of ether oxygens (including phenoxy) is 2. The molecule has 1 saturated heterocycles. The molecule has 2 N–H and O–H groups in total. The van der Waals surface area contributed by atoms with E-state index in [4.69, 9.17) is 9.47 Å². The summed E-state index contributed by atoms with van der Waals surface area (Å²) in [6.07, 6.45) is 2.20. The Morgan fingerprint density at radius 1 is 1.31 bits per heavy atom. The molecule has 2 atom stereocenters. The van der Waals surface area contributed by atoms with Crippen LogP contribution < -0.4 is 10.6 Å². The smallest absolute Gasteiger partial charge is 0.191 e. The summed E-state index contributed by atoms with van der Waals surface area (Å²) in [5.74, 6) is 2.59. The van der Waals surface area contributed by atoms with Gasteiger partial charge in [0.1, 0.15) is 12.4 Å². The molecule has 174 valence electrons. The number of methoxy groups -OCH3 is 1. The Morgan fingerprint density at radius 2 is 2.19 bits per heavy atom. The molecule has 0 bridgehead atoms. The normalized spacial score (nSPS) is 21.9. The van der Waals surface area contributed by atoms with E-state index in [1.165, 1.54) is 11.1 Å². The van der Waals surface area contributed by atoms with Gasteiger partial charge >= 0.3 is 0 Å². The zero-order chi connectivity index (χ0) is 22.3. The molecule has 0 amide bonds. The molecule has 2 aromatic rings. The Balaban J connectivity index is 1.28. The first kappa shape index (κ1) is 22.7. The number of nitrogens with zero attached hydrogens (tertiary/aromatic N) is 5. The van der Waals surface area contributed by atoms with Gasteiger partial charge in [0.25, 0.3) is 0 Å². The fourth-order valence-electron chi connectivity index (χ4n) is 4.37. The van der Waals surface area contributed by atoms with Crippen molar-refractivity contribution in [1.29, 1.82) is 0 Å². The van der Waals surface area contributed by atoms with Crippen LogP contribution in [0.4, 0.5) is 0 Å². The molecule has 0 saturated carbocycles. The average molecular weight is 442 g/mol. The molecule has 32 heavy (non-hydrogen) atoms. The van der Waals surface area contributed by atoms with Crippen molar-refractivity contribution in [3.05, 3.63) is 47.0 Å². The van der Waals surface area contributed by atoms with Crippen molar-refractivity contribution in [2.45, 2.75) is 58.2 Å². The fraction of sp³-hybridized carbons (Fsp3) is 0.609. The Kier molecular flexibility index (Phi) is 7.72. The lowest BCUT2D eigenvalue weighted by molar-refractivity contribution is -0.0212. The van der Waals surface area contributed by atoms with Crippen LogP contribution in [0.1, 0.15) is 36.1 Å². The Bertz CT molecular complexity index is 913. The summed E-state index contributed by atoms with van der Waals surface area (Å²) in [5.41, 5.74) is 2.58. The number of nitrogens with one attached hydrogen (secondary N) is 2. The molecule has 0 spiro atoms. The van der Waals surface area contributed by atoms with Crippen molar-refractivity contribution < 1.29 is 9.47 Å². The monoisotopic (exact) mass is 441 g/mol. The molecular formula is C23H35N7O2. The predicted molar refractivity (Wildman–Crippen MR) is 123 cm³/mol. The predicted octanol–water partition coefficient (Wildman–Crippen LogP) is 1.33. The molecule has 1 fully saturated rings. The van der Waals surface area contributed by atoms with Crippen LogP contribution in [0.3, 0.4) is 0 Å². The maximum Gasteiger partial charge on any atom is 0.191 e. The Hall–Kier alpha value is -2.49. The van der Waals surface area contributed by atoms with E-state index in [-0.39, 0.29) is 6.04 Å². The van der Waals surface area contributed by atoms with E-state index >= 15 is 0 Å². The first-order valence-electron chi connectivity index (χ1n) is 11.4. The van der Waals surface area contributed by atoms with Crippen LogP contribution in [0.2, 0.25) is 0 Å². The molecule has 0 radical (unpaired) electrons. The van der Waals surface area contributed by atoms with Crippen molar-refractivity contribution in [2.75, 3.05) is 33.9 Å². The highest BCUT2D eigenvalue weighted by Gasteiger charge is 2.22. The van der Waals surface area contributed by atoms with E-state index in [0.29, 0.717) is 12.7 Å². The van der Waals surface area contributed by atoms with Crippen molar-refractivity contribution in [2.24, 2.45) is 4.99 Å². The number of rotatable bonds is 7. The molecule has 2 unspecified atom stereocenters. The van der Waals surface area contributed by atoms with Crippen molar-refractivity contribution in [1.82, 2.24) is 30.3 Å². The lowest BCUT2D eigenvalue weighted by Gasteiger charge is -2.31. The molecule has 2 aliphatic heterocycles. The van der Waals surface area contributed by atoms with E-state index in [0.717, 1.165) is 69.8 Å². The highest BCUT2D eigenvalue weighted by atomic mass is 16.5. The van der Waals surface area contributed by atoms with Crippen molar-refractivity contribution in [3.63, 3.8) is 0 Å². The minimum absolute atomic E-state index is 0.264. The minimum atomic E-state index is 0.264. The maximum atomic E-state index is 5.65. The first-order valence-corrected chi connectivity index (χ1v) is 11.4. The number of aryl methyl sites for hydroxylation is 1. The van der Waals surface area contributed by atoms with E-state index < -0.39 is 0 Å². The number of aromatic nitrogens is 3. The molecule has 1 aromatic carbocycles. The van der Waals surface area contributed by atoms with Gasteiger partial charge in [-0.25, -0.2) is 9.67 Å². The average Bonchev–Trinajstić information content (AvgIpc) is 3.19. The van der Waals surface area contributed by atoms with Gasteiger partial charge < -0.3 is 20.1 Å². The van der Waals surface area contributed by atoms with Crippen LogP contribution in [0.5, 0.6) is 0 Å². The number of fused-ring (bicyclic) bond motifs is 1. The second-order valence-corrected chi connectivity index (χ2v) is 8.60. The largest absolute Gasteiger partial charge is 0.377 e. The third-order valence-electron chi connectivity index (χ3n) is 5.92. The lowest BCUT2D eigenvalue weighted by atomic mass is 10.1. The quantitative estimate of drug-likeness (QED) is 0.495. The molecule has 9 heteroatoms. The van der Waals surface area contributed by atoms with Crippen LogP contribution in [0.15, 0.2) is 29.3 Å². The second-order valence-electron chi connectivity index (χ2n) is 8.60. The summed E-state index contributed by atoms with van der Waals surface area (Å²) < 4.78 is 12.8. The van der Waals surface area contributed by atoms with Gasteiger partial charge in [0.15, 0.2) is 11.8 Å². The second kappa shape index (κ2) is 10.9. The van der Waals surface area contributed by atoms with Crippen LogP contribution in [0, 0.1) is 0 Å². The summed E-state index contributed by atoms with van der Waals surface area (Å²) in [7, 11) is 3.48. The number of hydrogen-bond acceptors (Lipinski definition) is 6. The number of guanidine groups is 1. The van der Waals surface area contributed by atoms with Gasteiger partial charge in [0.05, 0.1) is 19.3 Å². The van der Waals surface area contributed by atoms with Crippen LogP contribution in [-0.2, 0) is 42.1 Å². The summed E-state index contributed by atoms with van der Waals surface area (Å²) in [6, 6.07) is 9.04. The molecule has 9 nitrogen and oxygen atoms in total. The van der Waals surface area contributed by atoms with Gasteiger partial charge in [-0.1, -0.05) is 24.3 Å². The van der Waals surface area contributed by atoms with E-state index in [1.807, 2.05) is 11.7 Å². The number of morpholine rings is 1. The molecular weight excluding hydrogens is 406 g/mol. The zero-order valence-electron chi connectivity index (χ0n) is 19.4. The highest BCUT2D eigenvalue weighted by molar-refractivity contribution is 5.79. The van der Waals surface area contributed by atoms with Gasteiger partial charge in [0, 0.05) is 52.8 Å². The number of benzene rings is 1. The first-order chi connectivity index (χ1) is 15.6. The van der Waals surface area contributed by atoms with Crippen LogP contribution in [-0.4, -0.2) is 71.6 Å². The third-order valence-corrected chi connectivity index (χ3v) is 5.92. The Labute approximate surface area is 190 Å². The number of aliphatic imine (C=N–C) groups is 1. The third kappa shape index (κ3) is 6.05. The topological polar surface area (TPSA) is 88.8 Å². The van der Waals surface area contributed by atoms with Crippen molar-refractivity contribution >= 4 is 5.96 Å². The highest BCUT2D eigenvalue weighted by Crippen LogP contribution is 2.14. The summed E-state index contributed by atoms with van der Waals surface area (Å²) in [5, 5.41) is 11.5. The van der Waals surface area contributed by atoms with Crippen molar-refractivity contribution in [3.8, 4) is 0 Å². The van der Waals surface area contributed by atoms with Gasteiger partial charge in [-0.15, -0.1) is 0 Å². The standard InChI is InChI=1S/C23H35N7O2/c1-17-13-29(9-10-32-17)14-19-6-4-5-18(11-19)12-25-23(24-2)26-20-7-8-22-27-21(16-31-3)28-30(22)15-20/h4-6,11,17,20H,7-10,12-16H2,1-3H3,(H2,24,25,26). The van der Waals surface area contributed by atoms with Crippen LogP contribution in [0.25, 0.3) is 0 Å². The SMILES string of the molecule is CN=C(NCc1cccc(CN2CCOC(C)C2)c1)NC1CCc2nc(COC)nn2C1. The van der Waals surface area contributed by atoms with Crippen LogP contribution >= 0.6 is 0 Å². The van der Waals surface area contributed by atoms with E-state index in [1.54, 1.807) is 7.11 Å². The molecule has 1 aromatic heterocycles. The Morgan fingerprint density at radius 3 is 3.00 bits per heavy atom. The summed E-state index contributed by atoms with van der Waals surface area (Å²) >= 11 is 0. The van der Waals surface area contributed by atoms with Gasteiger partial charge in [-0.2, -0.15) is 5.10 Å². The molecule has 3 heterocycles. The van der Waals surface area contributed by atoms with E-state index in [2.05, 4.69) is 61.8 Å². The minimum Gasteiger partial charge on any atom is -0.377 e. The molecule has 2 aliphatic rings. The van der Waals surface area contributed by atoms with Gasteiger partial charge in [-0.3, -0.25) is 9.89 Å². The number of hydrogen-bond donors (Lipinski definition) is 2. The fourth-order valence-corrected chi connectivity index (χ4v) is 4.37. The molecule has 4 rings (SSSR count). The lowest BCUT2D eigenvalue weighted by Crippen LogP contribution is -2.46.